The predicted octanol–water partition coefficient (Wildman–Crippen LogP) is 3.51. The van der Waals surface area contributed by atoms with Gasteiger partial charge < -0.3 is 10.8 Å². The van der Waals surface area contributed by atoms with Crippen molar-refractivity contribution in [1.82, 2.24) is 0 Å². The summed E-state index contributed by atoms with van der Waals surface area (Å²) in [4.78, 5) is 11.7. The molecule has 0 saturated heterocycles. The minimum absolute atomic E-state index is 0.176. The first-order chi connectivity index (χ1) is 7.45. The minimum Gasteiger partial charge on any atom is -0.478 e. The highest BCUT2D eigenvalue weighted by molar-refractivity contribution is 8.00. The third kappa shape index (κ3) is 3.06. The average Bonchev–Trinajstić information content (AvgIpc) is 2.20. The number of hydrogen-bond acceptors (Lipinski definition) is 3. The zero-order valence-corrected chi connectivity index (χ0v) is 10.7. The molecule has 0 aliphatic carbocycles. The van der Waals surface area contributed by atoms with Crippen LogP contribution in [0.15, 0.2) is 17.0 Å². The van der Waals surface area contributed by atoms with E-state index in [-0.39, 0.29) is 5.56 Å². The maximum Gasteiger partial charge on any atom is 0.336 e. The summed E-state index contributed by atoms with van der Waals surface area (Å²) in [6, 6.07) is 3.03. The molecule has 5 heteroatoms. The minimum atomic E-state index is -1.000. The highest BCUT2D eigenvalue weighted by Gasteiger charge is 2.17. The van der Waals surface area contributed by atoms with Crippen LogP contribution < -0.4 is 5.73 Å². The Morgan fingerprint density at radius 1 is 1.62 bits per heavy atom. The van der Waals surface area contributed by atoms with Gasteiger partial charge in [-0.1, -0.05) is 25.4 Å². The maximum atomic E-state index is 11.1. The molecule has 0 fully saturated rings. The zero-order valence-electron chi connectivity index (χ0n) is 9.16. The summed E-state index contributed by atoms with van der Waals surface area (Å²) in [5.74, 6) is -1.000. The Kier molecular flexibility index (Phi) is 4.50. The van der Waals surface area contributed by atoms with Gasteiger partial charge in [-0.3, -0.25) is 0 Å². The lowest BCUT2D eigenvalue weighted by Crippen LogP contribution is -2.03. The van der Waals surface area contributed by atoms with E-state index in [0.717, 1.165) is 6.42 Å². The molecule has 88 valence electrons. The number of nitrogen functional groups attached to an aromatic ring is 1. The second kappa shape index (κ2) is 5.46. The van der Waals surface area contributed by atoms with E-state index in [0.29, 0.717) is 20.9 Å². The summed E-state index contributed by atoms with van der Waals surface area (Å²) >= 11 is 7.48. The van der Waals surface area contributed by atoms with E-state index in [4.69, 9.17) is 22.4 Å². The van der Waals surface area contributed by atoms with E-state index in [1.54, 1.807) is 6.07 Å². The molecule has 1 rings (SSSR count). The predicted molar refractivity (Wildman–Crippen MR) is 68.4 cm³/mol. The van der Waals surface area contributed by atoms with Gasteiger partial charge in [0.25, 0.3) is 0 Å². The van der Waals surface area contributed by atoms with E-state index >= 15 is 0 Å². The molecule has 1 aromatic rings. The van der Waals surface area contributed by atoms with Crippen molar-refractivity contribution in [2.45, 2.75) is 30.4 Å². The molecule has 0 bridgehead atoms. The summed E-state index contributed by atoms with van der Waals surface area (Å²) in [6.07, 6.45) is 0.949. The van der Waals surface area contributed by atoms with Gasteiger partial charge in [0.15, 0.2) is 0 Å². The molecule has 0 aliphatic rings. The van der Waals surface area contributed by atoms with Crippen molar-refractivity contribution in [3.63, 3.8) is 0 Å². The first kappa shape index (κ1) is 13.2. The molecule has 1 atom stereocenters. The van der Waals surface area contributed by atoms with Crippen LogP contribution in [0.5, 0.6) is 0 Å². The number of aromatic carboxylic acids is 1. The number of nitrogens with two attached hydrogens (primary N) is 1. The van der Waals surface area contributed by atoms with Gasteiger partial charge in [-0.25, -0.2) is 4.79 Å². The van der Waals surface area contributed by atoms with Crippen molar-refractivity contribution < 1.29 is 9.90 Å². The highest BCUT2D eigenvalue weighted by Crippen LogP contribution is 2.36. The Morgan fingerprint density at radius 2 is 2.25 bits per heavy atom. The number of halogens is 1. The highest BCUT2D eigenvalue weighted by atomic mass is 35.5. The molecule has 3 N–H and O–H groups in total. The van der Waals surface area contributed by atoms with Crippen LogP contribution >= 0.6 is 23.4 Å². The van der Waals surface area contributed by atoms with E-state index in [9.17, 15) is 4.79 Å². The van der Waals surface area contributed by atoms with Crippen molar-refractivity contribution in [1.29, 1.82) is 0 Å². The Balaban J connectivity index is 3.19. The van der Waals surface area contributed by atoms with Gasteiger partial charge in [-0.2, -0.15) is 0 Å². The zero-order chi connectivity index (χ0) is 12.3. The fourth-order valence-electron chi connectivity index (χ4n) is 1.18. The summed E-state index contributed by atoms with van der Waals surface area (Å²) in [5.41, 5.74) is 6.12. The van der Waals surface area contributed by atoms with Gasteiger partial charge in [-0.05, 0) is 18.6 Å². The maximum absolute atomic E-state index is 11.1. The third-order valence-electron chi connectivity index (χ3n) is 2.19. The van der Waals surface area contributed by atoms with Gasteiger partial charge >= 0.3 is 5.97 Å². The molecule has 1 aromatic carbocycles. The fraction of sp³-hybridized carbons (Fsp3) is 0.364. The van der Waals surface area contributed by atoms with Gasteiger partial charge in [0.05, 0.1) is 10.6 Å². The molecule has 1 unspecified atom stereocenters. The molecule has 0 radical (unpaired) electrons. The topological polar surface area (TPSA) is 63.3 Å². The van der Waals surface area contributed by atoms with Crippen molar-refractivity contribution in [2.75, 3.05) is 5.73 Å². The van der Waals surface area contributed by atoms with Crippen LogP contribution in [0.4, 0.5) is 5.69 Å². The van der Waals surface area contributed by atoms with Gasteiger partial charge in [0, 0.05) is 15.8 Å². The number of benzene rings is 1. The van der Waals surface area contributed by atoms with Gasteiger partial charge in [0.1, 0.15) is 0 Å². The van der Waals surface area contributed by atoms with Crippen LogP contribution in [0.2, 0.25) is 5.02 Å². The first-order valence-electron chi connectivity index (χ1n) is 4.94. The van der Waals surface area contributed by atoms with E-state index in [1.165, 1.54) is 17.8 Å². The van der Waals surface area contributed by atoms with Crippen molar-refractivity contribution >= 4 is 35.0 Å². The van der Waals surface area contributed by atoms with Crippen molar-refractivity contribution in [3.8, 4) is 0 Å². The number of carboxylic acid groups (broad SMARTS) is 1. The summed E-state index contributed by atoms with van der Waals surface area (Å²) in [6.45, 7) is 4.08. The third-order valence-corrected chi connectivity index (χ3v) is 4.01. The van der Waals surface area contributed by atoms with Crippen LogP contribution in [-0.4, -0.2) is 16.3 Å². The first-order valence-corrected chi connectivity index (χ1v) is 6.20. The average molecular weight is 260 g/mol. The van der Waals surface area contributed by atoms with Gasteiger partial charge in [0.2, 0.25) is 0 Å². The van der Waals surface area contributed by atoms with Crippen molar-refractivity contribution in [2.24, 2.45) is 0 Å². The number of anilines is 1. The number of rotatable bonds is 4. The SMILES string of the molecule is CCC(C)Sc1c(Cl)cc(N)cc1C(=O)O. The van der Waals surface area contributed by atoms with Crippen LogP contribution in [0.1, 0.15) is 30.6 Å². The lowest BCUT2D eigenvalue weighted by molar-refractivity contribution is 0.0693. The van der Waals surface area contributed by atoms with Crippen LogP contribution in [0, 0.1) is 0 Å². The Hall–Kier alpha value is -0.870. The lowest BCUT2D eigenvalue weighted by atomic mass is 10.2. The molecule has 16 heavy (non-hydrogen) atoms. The summed E-state index contributed by atoms with van der Waals surface area (Å²) in [5, 5.41) is 9.80. The molecular weight excluding hydrogens is 246 g/mol. The second-order valence-corrected chi connectivity index (χ2v) is 5.38. The molecular formula is C11H14ClNO2S. The number of carbonyl (C=O) groups is 1. The summed E-state index contributed by atoms with van der Waals surface area (Å²) < 4.78 is 0. The number of hydrogen-bond donors (Lipinski definition) is 2. The van der Waals surface area contributed by atoms with Crippen LogP contribution in [-0.2, 0) is 0 Å². The molecule has 0 heterocycles. The van der Waals surface area contributed by atoms with Crippen LogP contribution in [0.3, 0.4) is 0 Å². The molecule has 0 amide bonds. The van der Waals surface area contributed by atoms with E-state index in [2.05, 4.69) is 0 Å². The molecule has 3 nitrogen and oxygen atoms in total. The molecule has 0 aromatic heterocycles. The monoisotopic (exact) mass is 259 g/mol. The Morgan fingerprint density at radius 3 is 2.75 bits per heavy atom. The second-order valence-electron chi connectivity index (χ2n) is 3.52. The quantitative estimate of drug-likeness (QED) is 0.642. The van der Waals surface area contributed by atoms with Crippen molar-refractivity contribution in [3.05, 3.63) is 22.7 Å². The fourth-order valence-corrected chi connectivity index (χ4v) is 2.55. The number of carboxylic acids is 1. The number of thioether (sulfide) groups is 1. The summed E-state index contributed by atoms with van der Waals surface area (Å²) in [7, 11) is 0. The largest absolute Gasteiger partial charge is 0.478 e. The Labute approximate surface area is 104 Å². The molecule has 0 saturated carbocycles. The molecule has 0 spiro atoms. The van der Waals surface area contributed by atoms with Crippen LogP contribution in [0.25, 0.3) is 0 Å². The normalized spacial score (nSPS) is 12.4. The smallest absolute Gasteiger partial charge is 0.336 e. The van der Waals surface area contributed by atoms with E-state index in [1.807, 2.05) is 13.8 Å². The van der Waals surface area contributed by atoms with Gasteiger partial charge in [-0.15, -0.1) is 11.8 Å². The Bertz CT molecular complexity index is 409. The standard InChI is InChI=1S/C11H14ClNO2S/c1-3-6(2)16-10-8(11(14)15)4-7(13)5-9(10)12/h4-6H,3,13H2,1-2H3,(H,14,15). The van der Waals surface area contributed by atoms with E-state index < -0.39 is 5.97 Å². The molecule has 0 aliphatic heterocycles. The lowest BCUT2D eigenvalue weighted by Gasteiger charge is -2.13.